The molecule has 0 aliphatic heterocycles. The number of rotatable bonds is 4. The molecule has 0 aromatic heterocycles. The fraction of sp³-hybridized carbons (Fsp3) is 0.300. The van der Waals surface area contributed by atoms with E-state index in [0.717, 1.165) is 13.8 Å². The smallest absolute Gasteiger partial charge is 0.361 e. The number of carbonyl (C=O) groups is 1. The molecule has 0 radical (unpaired) electrons. The van der Waals surface area contributed by atoms with Crippen molar-refractivity contribution < 1.29 is 22.9 Å². The van der Waals surface area contributed by atoms with Crippen molar-refractivity contribution in [3.05, 3.63) is 28.2 Å². The number of aliphatic carboxylic acids is 1. The van der Waals surface area contributed by atoms with Gasteiger partial charge in [0.25, 0.3) is 0 Å². The highest BCUT2D eigenvalue weighted by Crippen LogP contribution is 2.32. The first-order valence-electron chi connectivity index (χ1n) is 4.93. The van der Waals surface area contributed by atoms with Gasteiger partial charge < -0.3 is 5.11 Å². The number of halogens is 2. The maximum Gasteiger partial charge on any atom is 0.361 e. The van der Waals surface area contributed by atoms with E-state index >= 15 is 0 Å². The van der Waals surface area contributed by atoms with Crippen LogP contribution in [0, 0.1) is 0 Å². The minimum Gasteiger partial charge on any atom is -0.479 e. The molecule has 0 fully saturated rings. The van der Waals surface area contributed by atoms with Gasteiger partial charge in [0.05, 0.1) is 5.69 Å². The minimum absolute atomic E-state index is 0.109. The van der Waals surface area contributed by atoms with Gasteiger partial charge in [-0.15, -0.1) is 0 Å². The van der Waals surface area contributed by atoms with Gasteiger partial charge in [-0.05, 0) is 32.0 Å². The van der Waals surface area contributed by atoms with Gasteiger partial charge in [0, 0.05) is 10.0 Å². The van der Waals surface area contributed by atoms with Gasteiger partial charge in [-0.3, -0.25) is 4.55 Å². The standard InChI is InChI=1S/C10H11Cl2NO5S/c1-10(2,9(14)15)13(19(16,17)18)8-4-6(11)3-7(12)5-8/h3-5H,1-2H3,(H,14,15)(H,16,17,18). The van der Waals surface area contributed by atoms with Crippen LogP contribution in [0.2, 0.25) is 10.0 Å². The molecule has 0 unspecified atom stereocenters. The second-order valence-corrected chi connectivity index (χ2v) is 6.37. The third-order valence-electron chi connectivity index (χ3n) is 2.34. The second-order valence-electron chi connectivity index (χ2n) is 4.23. The van der Waals surface area contributed by atoms with Crippen LogP contribution in [0.3, 0.4) is 0 Å². The Labute approximate surface area is 120 Å². The predicted octanol–water partition coefficient (Wildman–Crippen LogP) is 2.47. The Morgan fingerprint density at radius 3 is 1.95 bits per heavy atom. The molecule has 0 heterocycles. The van der Waals surface area contributed by atoms with Crippen molar-refractivity contribution >= 4 is 45.2 Å². The van der Waals surface area contributed by atoms with Crippen molar-refractivity contribution in [2.75, 3.05) is 4.31 Å². The Morgan fingerprint density at radius 1 is 1.21 bits per heavy atom. The predicted molar refractivity (Wildman–Crippen MR) is 72.2 cm³/mol. The molecule has 6 nitrogen and oxygen atoms in total. The first kappa shape index (κ1) is 16.0. The molecular formula is C10H11Cl2NO5S. The zero-order valence-electron chi connectivity index (χ0n) is 9.96. The topological polar surface area (TPSA) is 94.9 Å². The third-order valence-corrected chi connectivity index (χ3v) is 3.91. The van der Waals surface area contributed by atoms with Gasteiger partial charge >= 0.3 is 16.3 Å². The highest BCUT2D eigenvalue weighted by molar-refractivity contribution is 7.87. The summed E-state index contributed by atoms with van der Waals surface area (Å²) >= 11 is 11.5. The van der Waals surface area contributed by atoms with Crippen molar-refractivity contribution in [1.82, 2.24) is 0 Å². The lowest BCUT2D eigenvalue weighted by Crippen LogP contribution is -2.53. The first-order chi connectivity index (χ1) is 8.46. The second kappa shape index (κ2) is 5.16. The largest absolute Gasteiger partial charge is 0.479 e. The Balaban J connectivity index is 3.55. The molecule has 9 heteroatoms. The van der Waals surface area contributed by atoms with Gasteiger partial charge in [-0.25, -0.2) is 9.10 Å². The van der Waals surface area contributed by atoms with E-state index in [1.807, 2.05) is 0 Å². The Morgan fingerprint density at radius 2 is 1.63 bits per heavy atom. The van der Waals surface area contributed by atoms with Crippen LogP contribution in [0.15, 0.2) is 18.2 Å². The van der Waals surface area contributed by atoms with Gasteiger partial charge in [-0.1, -0.05) is 23.2 Å². The molecule has 2 N–H and O–H groups in total. The van der Waals surface area contributed by atoms with Gasteiger partial charge in [0.15, 0.2) is 0 Å². The summed E-state index contributed by atoms with van der Waals surface area (Å²) in [5.74, 6) is -1.44. The quantitative estimate of drug-likeness (QED) is 0.828. The van der Waals surface area contributed by atoms with E-state index in [1.165, 1.54) is 18.2 Å². The Bertz CT molecular complexity index is 594. The maximum atomic E-state index is 11.4. The van der Waals surface area contributed by atoms with E-state index in [0.29, 0.717) is 4.31 Å². The first-order valence-corrected chi connectivity index (χ1v) is 7.09. The van der Waals surface area contributed by atoms with Gasteiger partial charge in [-0.2, -0.15) is 8.42 Å². The number of nitrogens with zero attached hydrogens (tertiary/aromatic N) is 1. The van der Waals surface area contributed by atoms with Crippen LogP contribution in [0.25, 0.3) is 0 Å². The zero-order chi connectivity index (χ0) is 15.0. The van der Waals surface area contributed by atoms with Crippen molar-refractivity contribution in [3.8, 4) is 0 Å². The number of carboxylic acid groups (broad SMARTS) is 1. The van der Waals surface area contributed by atoms with Crippen LogP contribution in [0.1, 0.15) is 13.8 Å². The van der Waals surface area contributed by atoms with E-state index in [4.69, 9.17) is 28.3 Å². The number of benzene rings is 1. The maximum absolute atomic E-state index is 11.4. The van der Waals surface area contributed by atoms with E-state index in [2.05, 4.69) is 0 Å². The molecule has 0 amide bonds. The summed E-state index contributed by atoms with van der Waals surface area (Å²) in [5, 5.41) is 9.31. The van der Waals surface area contributed by atoms with Crippen LogP contribution in [-0.2, 0) is 15.1 Å². The Kier molecular flexibility index (Phi) is 4.36. The molecule has 0 aliphatic carbocycles. The molecule has 0 saturated heterocycles. The monoisotopic (exact) mass is 327 g/mol. The summed E-state index contributed by atoms with van der Waals surface area (Å²) in [6, 6.07) is 3.72. The lowest BCUT2D eigenvalue weighted by atomic mass is 10.1. The summed E-state index contributed by atoms with van der Waals surface area (Å²) in [6.45, 7) is 2.25. The van der Waals surface area contributed by atoms with Crippen LogP contribution in [-0.4, -0.2) is 29.6 Å². The number of anilines is 1. The van der Waals surface area contributed by atoms with E-state index < -0.39 is 21.8 Å². The van der Waals surface area contributed by atoms with Crippen molar-refractivity contribution in [2.45, 2.75) is 19.4 Å². The molecular weight excluding hydrogens is 317 g/mol. The summed E-state index contributed by atoms with van der Waals surface area (Å²) in [4.78, 5) is 11.2. The molecule has 1 aromatic carbocycles. The third kappa shape index (κ3) is 3.50. The van der Waals surface area contributed by atoms with Crippen molar-refractivity contribution in [3.63, 3.8) is 0 Å². The molecule has 0 atom stereocenters. The van der Waals surface area contributed by atoms with E-state index in [1.54, 1.807) is 0 Å². The number of hydrogen-bond acceptors (Lipinski definition) is 3. The lowest BCUT2D eigenvalue weighted by molar-refractivity contribution is -0.141. The fourth-order valence-electron chi connectivity index (χ4n) is 1.49. The fourth-order valence-corrected chi connectivity index (χ4v) is 3.03. The molecule has 106 valence electrons. The van der Waals surface area contributed by atoms with Gasteiger partial charge in [0.1, 0.15) is 5.54 Å². The summed E-state index contributed by atoms with van der Waals surface area (Å²) in [7, 11) is -4.82. The lowest BCUT2D eigenvalue weighted by Gasteiger charge is -2.33. The average molecular weight is 328 g/mol. The van der Waals surface area contributed by atoms with Crippen LogP contribution >= 0.6 is 23.2 Å². The van der Waals surface area contributed by atoms with E-state index in [9.17, 15) is 17.8 Å². The summed E-state index contributed by atoms with van der Waals surface area (Å²) < 4.78 is 32.5. The molecule has 0 bridgehead atoms. The molecule has 1 aromatic rings. The number of carboxylic acids is 1. The van der Waals surface area contributed by atoms with Crippen LogP contribution in [0.4, 0.5) is 5.69 Å². The van der Waals surface area contributed by atoms with Crippen LogP contribution < -0.4 is 4.31 Å². The minimum atomic E-state index is -4.82. The molecule has 0 spiro atoms. The molecule has 19 heavy (non-hydrogen) atoms. The van der Waals surface area contributed by atoms with E-state index in [-0.39, 0.29) is 15.7 Å². The SMILES string of the molecule is CC(C)(C(=O)O)N(c1cc(Cl)cc(Cl)c1)S(=O)(=O)O. The average Bonchev–Trinajstić information content (AvgIpc) is 2.11. The normalized spacial score (nSPS) is 12.3. The molecule has 1 rings (SSSR count). The highest BCUT2D eigenvalue weighted by atomic mass is 35.5. The summed E-state index contributed by atoms with van der Waals surface area (Å²) in [6.07, 6.45) is 0. The highest BCUT2D eigenvalue weighted by Gasteiger charge is 2.42. The summed E-state index contributed by atoms with van der Waals surface area (Å²) in [5.41, 5.74) is -2.06. The van der Waals surface area contributed by atoms with Crippen molar-refractivity contribution in [1.29, 1.82) is 0 Å². The molecule has 0 saturated carbocycles. The Hall–Kier alpha value is -1.02. The van der Waals surface area contributed by atoms with Crippen molar-refractivity contribution in [2.24, 2.45) is 0 Å². The van der Waals surface area contributed by atoms with Gasteiger partial charge in [0.2, 0.25) is 0 Å². The zero-order valence-corrected chi connectivity index (χ0v) is 12.3. The van der Waals surface area contributed by atoms with Crippen LogP contribution in [0.5, 0.6) is 0 Å². The number of hydrogen-bond donors (Lipinski definition) is 2. The molecule has 0 aliphatic rings.